The average molecular weight is 369 g/mol. The van der Waals surface area contributed by atoms with E-state index in [4.69, 9.17) is 11.6 Å². The van der Waals surface area contributed by atoms with Crippen molar-refractivity contribution in [3.63, 3.8) is 0 Å². The van der Waals surface area contributed by atoms with Gasteiger partial charge in [-0.25, -0.2) is 0 Å². The maximum atomic E-state index is 12.9. The van der Waals surface area contributed by atoms with E-state index in [1.165, 1.54) is 10.6 Å². The summed E-state index contributed by atoms with van der Waals surface area (Å²) in [5.41, 5.74) is 4.06. The number of benzene rings is 2. The van der Waals surface area contributed by atoms with Crippen LogP contribution in [0.2, 0.25) is 5.02 Å². The number of hydrogen-bond donors (Lipinski definition) is 2. The summed E-state index contributed by atoms with van der Waals surface area (Å²) >= 11 is 5.97. The number of nitrogens with zero attached hydrogens (tertiary/aromatic N) is 1. The maximum Gasteiger partial charge on any atom is 0.219 e. The number of piperazine rings is 1. The van der Waals surface area contributed by atoms with E-state index in [-0.39, 0.29) is 5.78 Å². The minimum atomic E-state index is 0.231. The molecule has 0 unspecified atom stereocenters. The van der Waals surface area contributed by atoms with E-state index < -0.39 is 0 Å². The van der Waals surface area contributed by atoms with Gasteiger partial charge in [0.25, 0.3) is 0 Å². The Hall–Kier alpha value is -2.30. The van der Waals surface area contributed by atoms with E-state index in [0.717, 1.165) is 53.4 Å². The molecular formula is C21H23ClN3O+. The summed E-state index contributed by atoms with van der Waals surface area (Å²) in [5, 5.41) is 1.80. The number of rotatable bonds is 4. The number of para-hydroxylation sites is 1. The fourth-order valence-electron chi connectivity index (χ4n) is 3.86. The first kappa shape index (κ1) is 17.1. The minimum absolute atomic E-state index is 0.231. The van der Waals surface area contributed by atoms with Crippen LogP contribution in [0.3, 0.4) is 0 Å². The van der Waals surface area contributed by atoms with Crippen molar-refractivity contribution in [1.29, 1.82) is 0 Å². The molecule has 0 radical (unpaired) electrons. The molecule has 0 saturated carbocycles. The van der Waals surface area contributed by atoms with Gasteiger partial charge in [-0.2, -0.15) is 0 Å². The van der Waals surface area contributed by atoms with Crippen LogP contribution in [0.5, 0.6) is 0 Å². The number of hydrogen-bond acceptors (Lipinski definition) is 2. The van der Waals surface area contributed by atoms with Crippen LogP contribution in [-0.2, 0) is 0 Å². The highest BCUT2D eigenvalue weighted by Crippen LogP contribution is 2.22. The number of halogens is 1. The molecule has 0 amide bonds. The Morgan fingerprint density at radius 3 is 2.54 bits per heavy atom. The van der Waals surface area contributed by atoms with Crippen LogP contribution in [0.15, 0.2) is 48.5 Å². The Kier molecular flexibility index (Phi) is 4.70. The summed E-state index contributed by atoms with van der Waals surface area (Å²) in [6.07, 6.45) is 0. The van der Waals surface area contributed by atoms with Crippen LogP contribution in [0.4, 0.5) is 5.69 Å². The highest BCUT2D eigenvalue weighted by Gasteiger charge is 2.25. The molecule has 2 aromatic carbocycles. The molecule has 2 heterocycles. The van der Waals surface area contributed by atoms with Gasteiger partial charge in [-0.3, -0.25) is 4.79 Å². The molecule has 1 aliphatic heterocycles. The second-order valence-electron chi connectivity index (χ2n) is 6.98. The van der Waals surface area contributed by atoms with E-state index >= 15 is 0 Å². The van der Waals surface area contributed by atoms with Crippen molar-refractivity contribution in [3.8, 4) is 0 Å². The van der Waals surface area contributed by atoms with E-state index in [9.17, 15) is 4.79 Å². The zero-order valence-electron chi connectivity index (χ0n) is 14.9. The molecule has 0 aliphatic carbocycles. The first-order chi connectivity index (χ1) is 12.6. The van der Waals surface area contributed by atoms with Gasteiger partial charge in [-0.05, 0) is 37.3 Å². The van der Waals surface area contributed by atoms with Crippen LogP contribution in [0.25, 0.3) is 10.9 Å². The number of H-pyrrole nitrogens is 1. The van der Waals surface area contributed by atoms with Gasteiger partial charge in [0.1, 0.15) is 6.54 Å². The number of anilines is 1. The summed E-state index contributed by atoms with van der Waals surface area (Å²) < 4.78 is 0. The van der Waals surface area contributed by atoms with Gasteiger partial charge in [0.05, 0.1) is 31.7 Å². The lowest BCUT2D eigenvalue weighted by Gasteiger charge is -2.33. The highest BCUT2D eigenvalue weighted by molar-refractivity contribution is 6.30. The second kappa shape index (κ2) is 7.14. The zero-order chi connectivity index (χ0) is 18.1. The number of fused-ring (bicyclic) bond motifs is 1. The fourth-order valence-corrected chi connectivity index (χ4v) is 3.99. The molecule has 5 heteroatoms. The third-order valence-electron chi connectivity index (χ3n) is 5.25. The van der Waals surface area contributed by atoms with Crippen LogP contribution >= 0.6 is 11.6 Å². The molecule has 4 rings (SSSR count). The molecule has 134 valence electrons. The van der Waals surface area contributed by atoms with Gasteiger partial charge in [0, 0.05) is 27.3 Å². The van der Waals surface area contributed by atoms with Crippen molar-refractivity contribution < 1.29 is 9.69 Å². The number of aryl methyl sites for hydroxylation is 1. The fraction of sp³-hybridized carbons (Fsp3) is 0.286. The van der Waals surface area contributed by atoms with Crippen molar-refractivity contribution in [3.05, 3.63) is 64.8 Å². The van der Waals surface area contributed by atoms with E-state index in [1.807, 2.05) is 43.3 Å². The summed E-state index contributed by atoms with van der Waals surface area (Å²) in [4.78, 5) is 20.0. The lowest BCUT2D eigenvalue weighted by Crippen LogP contribution is -3.15. The van der Waals surface area contributed by atoms with Gasteiger partial charge in [0.15, 0.2) is 0 Å². The average Bonchev–Trinajstić information content (AvgIpc) is 2.99. The number of Topliss-reactive ketones (excluding diaryl/α,β-unsaturated/α-hetero) is 1. The minimum Gasteiger partial charge on any atom is -0.360 e. The molecular weight excluding hydrogens is 346 g/mol. The SMILES string of the molecule is Cc1[nH]c2ccccc2c1C(=O)C[NH+]1CCN(c2ccc(Cl)cc2)CC1. The predicted molar refractivity (Wildman–Crippen MR) is 107 cm³/mol. The number of carbonyl (C=O) groups excluding carboxylic acids is 1. The van der Waals surface area contributed by atoms with Gasteiger partial charge < -0.3 is 14.8 Å². The van der Waals surface area contributed by atoms with Crippen molar-refractivity contribution >= 4 is 34.0 Å². The quantitative estimate of drug-likeness (QED) is 0.695. The van der Waals surface area contributed by atoms with Crippen molar-refractivity contribution in [2.45, 2.75) is 6.92 Å². The molecule has 3 aromatic rings. The molecule has 0 bridgehead atoms. The smallest absolute Gasteiger partial charge is 0.219 e. The molecule has 1 aliphatic rings. The lowest BCUT2D eigenvalue weighted by atomic mass is 10.1. The van der Waals surface area contributed by atoms with Gasteiger partial charge >= 0.3 is 0 Å². The monoisotopic (exact) mass is 368 g/mol. The zero-order valence-corrected chi connectivity index (χ0v) is 15.6. The Labute approximate surface area is 158 Å². The van der Waals surface area contributed by atoms with Crippen molar-refractivity contribution in [2.24, 2.45) is 0 Å². The highest BCUT2D eigenvalue weighted by atomic mass is 35.5. The lowest BCUT2D eigenvalue weighted by molar-refractivity contribution is -0.892. The number of aromatic amines is 1. The Morgan fingerprint density at radius 1 is 1.12 bits per heavy atom. The molecule has 1 saturated heterocycles. The number of carbonyl (C=O) groups is 1. The van der Waals surface area contributed by atoms with E-state index in [1.54, 1.807) is 0 Å². The van der Waals surface area contributed by atoms with Crippen LogP contribution < -0.4 is 9.80 Å². The second-order valence-corrected chi connectivity index (χ2v) is 7.42. The summed E-state index contributed by atoms with van der Waals surface area (Å²) in [6.45, 7) is 6.39. The largest absolute Gasteiger partial charge is 0.360 e. The van der Waals surface area contributed by atoms with Crippen molar-refractivity contribution in [2.75, 3.05) is 37.6 Å². The Balaban J connectivity index is 1.41. The molecule has 0 spiro atoms. The topological polar surface area (TPSA) is 40.5 Å². The van der Waals surface area contributed by atoms with Crippen LogP contribution in [0, 0.1) is 6.92 Å². The van der Waals surface area contributed by atoms with Gasteiger partial charge in [-0.15, -0.1) is 0 Å². The maximum absolute atomic E-state index is 12.9. The normalized spacial score (nSPS) is 15.5. The number of nitrogens with one attached hydrogen (secondary N) is 2. The van der Waals surface area contributed by atoms with Crippen LogP contribution in [0.1, 0.15) is 16.1 Å². The first-order valence-electron chi connectivity index (χ1n) is 9.06. The molecule has 26 heavy (non-hydrogen) atoms. The van der Waals surface area contributed by atoms with Gasteiger partial charge in [0.2, 0.25) is 5.78 Å². The number of ketones is 1. The predicted octanol–water partition coefficient (Wildman–Crippen LogP) is 2.72. The first-order valence-corrected chi connectivity index (χ1v) is 9.44. The summed E-state index contributed by atoms with van der Waals surface area (Å²) in [7, 11) is 0. The van der Waals surface area contributed by atoms with E-state index in [2.05, 4.69) is 22.0 Å². The molecule has 1 aromatic heterocycles. The summed E-state index contributed by atoms with van der Waals surface area (Å²) in [6, 6.07) is 16.0. The van der Waals surface area contributed by atoms with Crippen LogP contribution in [-0.4, -0.2) is 43.5 Å². The number of aromatic nitrogens is 1. The summed E-state index contributed by atoms with van der Waals surface area (Å²) in [5.74, 6) is 0.231. The molecule has 1 fully saturated rings. The van der Waals surface area contributed by atoms with Gasteiger partial charge in [-0.1, -0.05) is 29.8 Å². The standard InChI is InChI=1S/C21H22ClN3O/c1-15-21(18-4-2-3-5-19(18)23-15)20(26)14-24-10-12-25(13-11-24)17-8-6-16(22)7-9-17/h2-9,23H,10-14H2,1H3/p+1. The molecule has 2 N–H and O–H groups in total. The van der Waals surface area contributed by atoms with E-state index in [0.29, 0.717) is 6.54 Å². The number of quaternary nitrogens is 1. The molecule has 0 atom stereocenters. The Morgan fingerprint density at radius 2 is 1.81 bits per heavy atom. The third kappa shape index (κ3) is 3.35. The molecule has 4 nitrogen and oxygen atoms in total. The third-order valence-corrected chi connectivity index (χ3v) is 5.50. The van der Waals surface area contributed by atoms with Crippen molar-refractivity contribution in [1.82, 2.24) is 4.98 Å². The Bertz CT molecular complexity index is 924.